The molecular formula is C34H37ClN4O5S. The van der Waals surface area contributed by atoms with E-state index in [-0.39, 0.29) is 18.9 Å². The Balaban J connectivity index is 1.48. The van der Waals surface area contributed by atoms with Crippen molar-refractivity contribution in [2.45, 2.75) is 46.2 Å². The van der Waals surface area contributed by atoms with Gasteiger partial charge in [0.1, 0.15) is 11.4 Å². The zero-order valence-corrected chi connectivity index (χ0v) is 27.5. The smallest absolute Gasteiger partial charge is 0.355 e. The molecule has 1 aliphatic rings. The fraction of sp³-hybridized carbons (Fsp3) is 0.353. The number of carbonyl (C=O) groups excluding carboxylic acids is 1. The van der Waals surface area contributed by atoms with Crippen molar-refractivity contribution in [1.82, 2.24) is 18.7 Å². The predicted molar refractivity (Wildman–Crippen MR) is 177 cm³/mol. The van der Waals surface area contributed by atoms with Crippen LogP contribution in [0.3, 0.4) is 0 Å². The van der Waals surface area contributed by atoms with Crippen LogP contribution in [0, 0.1) is 6.92 Å². The van der Waals surface area contributed by atoms with Gasteiger partial charge in [-0.3, -0.25) is 4.68 Å². The van der Waals surface area contributed by atoms with E-state index in [0.717, 1.165) is 49.8 Å². The maximum absolute atomic E-state index is 13.7. The molecule has 9 nitrogen and oxygen atoms in total. The summed E-state index contributed by atoms with van der Waals surface area (Å²) >= 11 is 7.00. The number of esters is 1. The molecule has 11 heteroatoms. The van der Waals surface area contributed by atoms with Crippen LogP contribution in [-0.4, -0.2) is 59.1 Å². The maximum Gasteiger partial charge on any atom is 0.355 e. The lowest BCUT2D eigenvalue weighted by Gasteiger charge is -2.16. The number of hydrogen-bond donors (Lipinski definition) is 0. The minimum absolute atomic E-state index is 0.0727. The van der Waals surface area contributed by atoms with Crippen LogP contribution in [0.4, 0.5) is 0 Å². The van der Waals surface area contributed by atoms with Gasteiger partial charge in [-0.05, 0) is 56.2 Å². The molecule has 0 saturated carbocycles. The van der Waals surface area contributed by atoms with Crippen LogP contribution in [0.25, 0.3) is 32.8 Å². The van der Waals surface area contributed by atoms with E-state index in [1.165, 1.54) is 4.31 Å². The molecule has 2 aromatic heterocycles. The lowest BCUT2D eigenvalue weighted by molar-refractivity contribution is 0.0512. The van der Waals surface area contributed by atoms with E-state index in [4.69, 9.17) is 26.2 Å². The first-order valence-corrected chi connectivity index (χ1v) is 17.2. The van der Waals surface area contributed by atoms with Gasteiger partial charge in [0.2, 0.25) is 10.0 Å². The molecule has 0 bridgehead atoms. The molecule has 0 aliphatic carbocycles. The molecule has 0 atom stereocenters. The molecule has 0 N–H and O–H groups in total. The third-order valence-corrected chi connectivity index (χ3v) is 10.8. The zero-order chi connectivity index (χ0) is 31.9. The first kappa shape index (κ1) is 31.1. The number of halogens is 1. The highest BCUT2D eigenvalue weighted by atomic mass is 35.5. The Kier molecular flexibility index (Phi) is 8.65. The summed E-state index contributed by atoms with van der Waals surface area (Å²) in [6.07, 6.45) is 1.50. The Hall–Kier alpha value is -3.86. The minimum Gasteiger partial charge on any atom is -0.493 e. The van der Waals surface area contributed by atoms with Crippen LogP contribution >= 0.6 is 11.6 Å². The first-order chi connectivity index (χ1) is 21.6. The Morgan fingerprint density at radius 1 is 1.02 bits per heavy atom. The van der Waals surface area contributed by atoms with Gasteiger partial charge >= 0.3 is 5.97 Å². The van der Waals surface area contributed by atoms with Gasteiger partial charge < -0.3 is 14.0 Å². The van der Waals surface area contributed by atoms with Gasteiger partial charge in [-0.15, -0.1) is 0 Å². The standard InChI is InChI=1S/C34H37ClN4O5S/c1-5-43-34(40)33-25(14-9-19-44-29-15-8-12-23-11-6-7-13-24(23)29)26-16-17-27(35)31-30-22(2)38(4)36-28(30)21-37(3)45(41,42)20-10-18-39(33)32(26)31/h6-8,11-13,15-17H,5,9-10,14,18-21H2,1-4H3. The lowest BCUT2D eigenvalue weighted by Crippen LogP contribution is -2.29. The third-order valence-electron chi connectivity index (χ3n) is 8.61. The molecule has 0 unspecified atom stereocenters. The highest BCUT2D eigenvalue weighted by Crippen LogP contribution is 2.43. The van der Waals surface area contributed by atoms with Gasteiger partial charge in [-0.25, -0.2) is 13.2 Å². The van der Waals surface area contributed by atoms with Crippen molar-refractivity contribution >= 4 is 49.3 Å². The Labute approximate surface area is 268 Å². The molecule has 0 amide bonds. The summed E-state index contributed by atoms with van der Waals surface area (Å²) in [5.41, 5.74) is 5.02. The van der Waals surface area contributed by atoms with Crippen LogP contribution in [0.5, 0.6) is 5.75 Å². The van der Waals surface area contributed by atoms with Crippen molar-refractivity contribution in [3.05, 3.63) is 82.3 Å². The lowest BCUT2D eigenvalue weighted by atomic mass is 9.98. The van der Waals surface area contributed by atoms with Crippen LogP contribution in [0.15, 0.2) is 54.6 Å². The molecule has 3 heterocycles. The van der Waals surface area contributed by atoms with E-state index < -0.39 is 16.0 Å². The van der Waals surface area contributed by atoms with E-state index in [1.807, 2.05) is 61.0 Å². The molecule has 0 spiro atoms. The summed E-state index contributed by atoms with van der Waals surface area (Å²) in [6, 6.07) is 17.9. The van der Waals surface area contributed by atoms with Gasteiger partial charge in [0.05, 0.1) is 41.7 Å². The molecule has 236 valence electrons. The molecule has 5 aromatic rings. The fourth-order valence-electron chi connectivity index (χ4n) is 6.38. The number of aryl methyl sites for hydroxylation is 3. The van der Waals surface area contributed by atoms with Crippen molar-refractivity contribution in [3.8, 4) is 16.9 Å². The van der Waals surface area contributed by atoms with Gasteiger partial charge in [0.15, 0.2) is 0 Å². The summed E-state index contributed by atoms with van der Waals surface area (Å²) in [5, 5.41) is 8.26. The number of ether oxygens (including phenoxy) is 2. The molecule has 0 radical (unpaired) electrons. The van der Waals surface area contributed by atoms with E-state index >= 15 is 0 Å². The topological polar surface area (TPSA) is 95.7 Å². The van der Waals surface area contributed by atoms with Crippen molar-refractivity contribution in [3.63, 3.8) is 0 Å². The highest BCUT2D eigenvalue weighted by Gasteiger charge is 2.31. The monoisotopic (exact) mass is 648 g/mol. The number of fused-ring (bicyclic) bond motifs is 3. The summed E-state index contributed by atoms with van der Waals surface area (Å²) in [7, 11) is -0.171. The molecule has 0 saturated heterocycles. The normalized spacial score (nSPS) is 15.1. The summed E-state index contributed by atoms with van der Waals surface area (Å²) in [6.45, 7) is 4.78. The number of nitrogens with zero attached hydrogens (tertiary/aromatic N) is 4. The number of hydrogen-bond acceptors (Lipinski definition) is 6. The SMILES string of the molecule is CCOC(=O)c1c(CCCOc2cccc3ccccc23)c2ccc(Cl)c3c2n1CCCS(=O)(=O)N(C)Cc1nn(C)c(C)c1-3. The number of carbonyl (C=O) groups is 1. The molecular weight excluding hydrogens is 612 g/mol. The number of sulfonamides is 1. The fourth-order valence-corrected chi connectivity index (χ4v) is 7.75. The van der Waals surface area contributed by atoms with Crippen LogP contribution in [0.2, 0.25) is 5.02 Å². The Bertz CT molecular complexity index is 2030. The average Bonchev–Trinajstić information content (AvgIpc) is 3.47. The Morgan fingerprint density at radius 3 is 2.60 bits per heavy atom. The van der Waals surface area contributed by atoms with E-state index in [1.54, 1.807) is 18.7 Å². The van der Waals surface area contributed by atoms with E-state index in [9.17, 15) is 13.2 Å². The van der Waals surface area contributed by atoms with Gasteiger partial charge in [0, 0.05) is 48.2 Å². The van der Waals surface area contributed by atoms with E-state index in [0.29, 0.717) is 48.8 Å². The predicted octanol–water partition coefficient (Wildman–Crippen LogP) is 6.51. The molecule has 45 heavy (non-hydrogen) atoms. The largest absolute Gasteiger partial charge is 0.493 e. The number of rotatable bonds is 7. The average molecular weight is 649 g/mol. The molecule has 0 fully saturated rings. The highest BCUT2D eigenvalue weighted by molar-refractivity contribution is 7.89. The quantitative estimate of drug-likeness (QED) is 0.148. The van der Waals surface area contributed by atoms with Gasteiger partial charge in [-0.1, -0.05) is 54.1 Å². The van der Waals surface area contributed by atoms with Gasteiger partial charge in [-0.2, -0.15) is 9.40 Å². The van der Waals surface area contributed by atoms with Gasteiger partial charge in [0.25, 0.3) is 0 Å². The Morgan fingerprint density at radius 2 is 1.80 bits per heavy atom. The molecule has 1 aliphatic heterocycles. The molecule has 3 aromatic carbocycles. The minimum atomic E-state index is -3.58. The van der Waals surface area contributed by atoms with Crippen molar-refractivity contribution in [2.75, 3.05) is 26.0 Å². The molecule has 6 rings (SSSR count). The maximum atomic E-state index is 13.7. The summed E-state index contributed by atoms with van der Waals surface area (Å²) in [5.74, 6) is 0.297. The van der Waals surface area contributed by atoms with Crippen molar-refractivity contribution in [2.24, 2.45) is 7.05 Å². The van der Waals surface area contributed by atoms with Crippen molar-refractivity contribution < 1.29 is 22.7 Å². The third kappa shape index (κ3) is 5.71. The number of aromatic nitrogens is 3. The summed E-state index contributed by atoms with van der Waals surface area (Å²) < 4.78 is 43.4. The van der Waals surface area contributed by atoms with Crippen molar-refractivity contribution in [1.29, 1.82) is 0 Å². The van der Waals surface area contributed by atoms with Crippen LogP contribution in [0.1, 0.15) is 47.2 Å². The summed E-state index contributed by atoms with van der Waals surface area (Å²) in [4.78, 5) is 13.7. The van der Waals surface area contributed by atoms with E-state index in [2.05, 4.69) is 12.1 Å². The second-order valence-corrected chi connectivity index (χ2v) is 14.0. The van der Waals surface area contributed by atoms with Crippen LogP contribution < -0.4 is 4.74 Å². The zero-order valence-electron chi connectivity index (χ0n) is 26.0. The first-order valence-electron chi connectivity index (χ1n) is 15.2. The van der Waals surface area contributed by atoms with Crippen LogP contribution in [-0.2, 0) is 41.3 Å². The second kappa shape index (κ2) is 12.5. The second-order valence-electron chi connectivity index (χ2n) is 11.4. The number of benzene rings is 3.